The zero-order valence-corrected chi connectivity index (χ0v) is 16.0. The minimum Gasteiger partial charge on any atom is -0.477 e. The van der Waals surface area contributed by atoms with Crippen LogP contribution in [0.5, 0.6) is 0 Å². The predicted molar refractivity (Wildman–Crippen MR) is 100 cm³/mol. The molecule has 3 atom stereocenters. The Morgan fingerprint density at radius 1 is 1.52 bits per heavy atom. The highest BCUT2D eigenvalue weighted by atomic mass is 32.2. The molecule has 12 heteroatoms. The van der Waals surface area contributed by atoms with E-state index in [0.717, 1.165) is 11.3 Å². The van der Waals surface area contributed by atoms with Gasteiger partial charge in [0.05, 0.1) is 0 Å². The number of rotatable bonds is 6. The lowest BCUT2D eigenvalue weighted by molar-refractivity contribution is -0.150. The molecule has 10 nitrogen and oxygen atoms in total. The minimum atomic E-state index is -1.18. The second kappa shape index (κ2) is 7.56. The Morgan fingerprint density at radius 3 is 2.85 bits per heavy atom. The molecule has 0 radical (unpaired) electrons. The number of β-lactam (4-membered cyclic amide) rings is 1. The number of hydrogen-bond acceptors (Lipinski definition) is 9. The van der Waals surface area contributed by atoms with Gasteiger partial charge >= 0.3 is 5.97 Å². The second-order valence-corrected chi connectivity index (χ2v) is 8.07. The number of nitrogen functional groups attached to an aromatic ring is 1. The highest BCUT2D eigenvalue weighted by Gasteiger charge is 2.54. The number of nitrogens with one attached hydrogen (secondary N) is 1. The lowest BCUT2D eigenvalue weighted by Crippen LogP contribution is -2.71. The Balaban J connectivity index is 1.78. The van der Waals surface area contributed by atoms with Crippen LogP contribution < -0.4 is 11.1 Å². The molecule has 1 aromatic heterocycles. The van der Waals surface area contributed by atoms with Gasteiger partial charge in [-0.15, -0.1) is 23.1 Å². The fourth-order valence-corrected chi connectivity index (χ4v) is 4.54. The number of carbonyl (C=O) groups excluding carboxylic acids is 2. The Bertz CT molecular complexity index is 851. The zero-order valence-electron chi connectivity index (χ0n) is 14.4. The van der Waals surface area contributed by atoms with Crippen molar-refractivity contribution in [2.24, 2.45) is 5.16 Å². The number of anilines is 1. The van der Waals surface area contributed by atoms with Crippen molar-refractivity contribution in [3.63, 3.8) is 0 Å². The second-order valence-electron chi connectivity index (χ2n) is 5.68. The van der Waals surface area contributed by atoms with Gasteiger partial charge in [-0.2, -0.15) is 0 Å². The van der Waals surface area contributed by atoms with Crippen LogP contribution >= 0.6 is 23.1 Å². The normalized spacial score (nSPS) is 24.6. The smallest absolute Gasteiger partial charge is 0.352 e. The minimum absolute atomic E-state index is 0.0720. The summed E-state index contributed by atoms with van der Waals surface area (Å²) in [6, 6.07) is -0.865. The maximum absolute atomic E-state index is 12.7. The first-order chi connectivity index (χ1) is 12.8. The number of oxime groups is 1. The van der Waals surface area contributed by atoms with E-state index in [1.54, 1.807) is 12.3 Å². The molecule has 0 aromatic carbocycles. The largest absolute Gasteiger partial charge is 0.477 e. The summed E-state index contributed by atoms with van der Waals surface area (Å²) in [7, 11) is 0. The number of aromatic nitrogens is 1. The van der Waals surface area contributed by atoms with E-state index in [1.807, 2.05) is 6.92 Å². The number of carboxylic acid groups (broad SMARTS) is 1. The molecule has 0 saturated carbocycles. The van der Waals surface area contributed by atoms with Crippen LogP contribution in [0, 0.1) is 0 Å². The number of carbonyl (C=O) groups is 3. The number of hydrogen-bond donors (Lipinski definition) is 3. The Kier molecular flexibility index (Phi) is 5.37. The number of thioether (sulfide) groups is 1. The van der Waals surface area contributed by atoms with Crippen LogP contribution in [0.4, 0.5) is 5.13 Å². The highest BCUT2D eigenvalue weighted by Crippen LogP contribution is 2.40. The summed E-state index contributed by atoms with van der Waals surface area (Å²) in [4.78, 5) is 46.6. The lowest BCUT2D eigenvalue weighted by atomic mass is 10.0. The molecule has 0 spiro atoms. The Morgan fingerprint density at radius 2 is 2.26 bits per heavy atom. The molecule has 3 rings (SSSR count). The molecular formula is C15H17N5O5S2. The van der Waals surface area contributed by atoms with Gasteiger partial charge in [-0.1, -0.05) is 5.16 Å². The number of aliphatic carboxylic acids is 1. The summed E-state index contributed by atoms with van der Waals surface area (Å²) in [5.74, 6) is -2.32. The van der Waals surface area contributed by atoms with Crippen molar-refractivity contribution in [3.8, 4) is 0 Å². The molecule has 1 saturated heterocycles. The van der Waals surface area contributed by atoms with Crippen LogP contribution in [0.15, 0.2) is 22.3 Å². The van der Waals surface area contributed by atoms with Crippen LogP contribution in [0.1, 0.15) is 19.5 Å². The average molecular weight is 411 g/mol. The number of thiazole rings is 1. The molecule has 2 amide bonds. The third-order valence-electron chi connectivity index (χ3n) is 3.82. The highest BCUT2D eigenvalue weighted by molar-refractivity contribution is 8.00. The fraction of sp³-hybridized carbons (Fsp3) is 0.400. The van der Waals surface area contributed by atoms with Gasteiger partial charge in [-0.25, -0.2) is 9.78 Å². The van der Waals surface area contributed by atoms with Crippen molar-refractivity contribution in [2.75, 3.05) is 12.3 Å². The maximum Gasteiger partial charge on any atom is 0.352 e. The van der Waals surface area contributed by atoms with Gasteiger partial charge in [-0.05, 0) is 19.9 Å². The SMILES string of the molecule is CCO/N=C(/C(=O)NC1C(=O)N2C(C(=O)O)=CC(C)SC12)c1csc(N)n1. The number of fused-ring (bicyclic) bond motifs is 1. The fourth-order valence-electron chi connectivity index (χ4n) is 2.67. The molecule has 0 bridgehead atoms. The monoisotopic (exact) mass is 411 g/mol. The maximum atomic E-state index is 12.7. The standard InChI is InChI=1S/C15H17N5O5S2/c1-3-25-19-9(7-5-26-15(16)17-7)11(21)18-10-12(22)20-8(14(23)24)4-6(2)27-13(10)20/h4-6,10,13H,3H2,1-2H3,(H2,16,17)(H,18,21)(H,23,24)/b19-9+. The quantitative estimate of drug-likeness (QED) is 0.342. The molecule has 4 N–H and O–H groups in total. The van der Waals surface area contributed by atoms with E-state index in [9.17, 15) is 19.5 Å². The third kappa shape index (κ3) is 3.62. The first kappa shape index (κ1) is 19.2. The van der Waals surface area contributed by atoms with E-state index in [2.05, 4.69) is 15.5 Å². The van der Waals surface area contributed by atoms with Crippen molar-refractivity contribution in [2.45, 2.75) is 30.5 Å². The first-order valence-corrected chi connectivity index (χ1v) is 9.81. The van der Waals surface area contributed by atoms with Crippen LogP contribution in [0.25, 0.3) is 0 Å². The Labute approximate surface area is 162 Å². The average Bonchev–Trinajstić information content (AvgIpc) is 3.05. The predicted octanol–water partition coefficient (Wildman–Crippen LogP) is 0.223. The third-order valence-corrected chi connectivity index (χ3v) is 5.82. The summed E-state index contributed by atoms with van der Waals surface area (Å²) in [6.45, 7) is 3.78. The van der Waals surface area contributed by atoms with Gasteiger partial charge in [0, 0.05) is 10.6 Å². The number of nitrogens with zero attached hydrogens (tertiary/aromatic N) is 3. The first-order valence-electron chi connectivity index (χ1n) is 7.99. The van der Waals surface area contributed by atoms with Gasteiger partial charge < -0.3 is 21.0 Å². The number of carboxylic acids is 1. The number of nitrogens with two attached hydrogens (primary N) is 1. The summed E-state index contributed by atoms with van der Waals surface area (Å²) >= 11 is 2.53. The van der Waals surface area contributed by atoms with E-state index in [1.165, 1.54) is 22.7 Å². The molecule has 3 unspecified atom stereocenters. The van der Waals surface area contributed by atoms with Crippen molar-refractivity contribution in [3.05, 3.63) is 22.8 Å². The van der Waals surface area contributed by atoms with Crippen LogP contribution in [-0.2, 0) is 19.2 Å². The molecule has 1 fully saturated rings. The summed E-state index contributed by atoms with van der Waals surface area (Å²) in [5.41, 5.74) is 5.67. The van der Waals surface area contributed by atoms with E-state index >= 15 is 0 Å². The van der Waals surface area contributed by atoms with Crippen LogP contribution in [0.2, 0.25) is 0 Å². The topological polar surface area (TPSA) is 147 Å². The van der Waals surface area contributed by atoms with Crippen LogP contribution in [0.3, 0.4) is 0 Å². The molecule has 27 heavy (non-hydrogen) atoms. The van der Waals surface area contributed by atoms with Crippen molar-refractivity contribution in [1.82, 2.24) is 15.2 Å². The Hall–Kier alpha value is -2.60. The van der Waals surface area contributed by atoms with Crippen LogP contribution in [-0.4, -0.2) is 61.8 Å². The van der Waals surface area contributed by atoms with Gasteiger partial charge in [-0.3, -0.25) is 14.5 Å². The van der Waals surface area contributed by atoms with Crippen molar-refractivity contribution >= 4 is 51.7 Å². The van der Waals surface area contributed by atoms with Gasteiger partial charge in [0.2, 0.25) is 0 Å². The summed E-state index contributed by atoms with van der Waals surface area (Å²) in [6.07, 6.45) is 1.51. The molecule has 3 heterocycles. The van der Waals surface area contributed by atoms with E-state index in [4.69, 9.17) is 10.6 Å². The van der Waals surface area contributed by atoms with Gasteiger partial charge in [0.1, 0.15) is 29.4 Å². The van der Waals surface area contributed by atoms with E-state index in [0.29, 0.717) is 0 Å². The zero-order chi connectivity index (χ0) is 19.7. The lowest BCUT2D eigenvalue weighted by Gasteiger charge is -2.49. The molecule has 0 aliphatic carbocycles. The molecule has 144 valence electrons. The molecule has 1 aromatic rings. The molecule has 2 aliphatic heterocycles. The molecule has 2 aliphatic rings. The van der Waals surface area contributed by atoms with Gasteiger partial charge in [0.15, 0.2) is 10.8 Å². The molecular weight excluding hydrogens is 394 g/mol. The summed E-state index contributed by atoms with van der Waals surface area (Å²) < 4.78 is 0. The van der Waals surface area contributed by atoms with E-state index in [-0.39, 0.29) is 34.1 Å². The van der Waals surface area contributed by atoms with Crippen molar-refractivity contribution in [1.29, 1.82) is 0 Å². The summed E-state index contributed by atoms with van der Waals surface area (Å²) in [5, 5.41) is 16.9. The van der Waals surface area contributed by atoms with E-state index < -0.39 is 29.2 Å². The van der Waals surface area contributed by atoms with Crippen molar-refractivity contribution < 1.29 is 24.3 Å². The van der Waals surface area contributed by atoms with Gasteiger partial charge in [0.25, 0.3) is 11.8 Å². The number of amides is 2.